The Kier molecular flexibility index (Phi) is 5.35. The third-order valence-corrected chi connectivity index (χ3v) is 6.66. The van der Waals surface area contributed by atoms with Crippen LogP contribution in [0.4, 0.5) is 10.7 Å². The predicted octanol–water partition coefficient (Wildman–Crippen LogP) is 0.195. The molecule has 11 nitrogen and oxygen atoms in total. The zero-order valence-corrected chi connectivity index (χ0v) is 18.0. The summed E-state index contributed by atoms with van der Waals surface area (Å²) >= 11 is 6.15. The number of ether oxygens (including phenoxy) is 2. The van der Waals surface area contributed by atoms with Gasteiger partial charge in [0.25, 0.3) is 5.91 Å². The third-order valence-electron chi connectivity index (χ3n) is 6.49. The van der Waals surface area contributed by atoms with Gasteiger partial charge in [0.2, 0.25) is 11.2 Å². The molecule has 168 valence electrons. The number of piperidine rings is 1. The number of morpholine rings is 1. The lowest BCUT2D eigenvalue weighted by Crippen LogP contribution is -2.59. The number of carbonyl (C=O) groups excluding carboxylic acids is 2. The summed E-state index contributed by atoms with van der Waals surface area (Å²) in [4.78, 5) is 41.0. The molecule has 2 N–H and O–H groups in total. The molecule has 0 bridgehead atoms. The lowest BCUT2D eigenvalue weighted by atomic mass is 9.89. The van der Waals surface area contributed by atoms with Crippen LogP contribution >= 0.6 is 11.6 Å². The summed E-state index contributed by atoms with van der Waals surface area (Å²) in [5.74, 6) is 0.0265. The number of nitrogens with zero attached hydrogens (tertiary/aromatic N) is 5. The van der Waals surface area contributed by atoms with E-state index < -0.39 is 11.6 Å². The van der Waals surface area contributed by atoms with E-state index in [9.17, 15) is 9.59 Å². The largest absolute Gasteiger partial charge is 0.463 e. The molecule has 1 aliphatic carbocycles. The Balaban J connectivity index is 1.25. The first-order valence-electron chi connectivity index (χ1n) is 10.7. The summed E-state index contributed by atoms with van der Waals surface area (Å²) in [5, 5.41) is 5.11. The van der Waals surface area contributed by atoms with Crippen molar-refractivity contribution in [2.45, 2.75) is 31.2 Å². The molecular formula is C19H26ClN7O4. The van der Waals surface area contributed by atoms with Gasteiger partial charge in [-0.15, -0.1) is 0 Å². The summed E-state index contributed by atoms with van der Waals surface area (Å²) < 4.78 is 11.4. The molecule has 5 rings (SSSR count). The van der Waals surface area contributed by atoms with Crippen LogP contribution < -0.4 is 20.3 Å². The minimum atomic E-state index is -0.967. The highest BCUT2D eigenvalue weighted by molar-refractivity contribution is 6.28. The number of urea groups is 1. The second-order valence-electron chi connectivity index (χ2n) is 8.88. The molecule has 3 saturated heterocycles. The van der Waals surface area contributed by atoms with Crippen LogP contribution in [0.1, 0.15) is 25.7 Å². The molecule has 0 radical (unpaired) electrons. The van der Waals surface area contributed by atoms with Crippen molar-refractivity contribution in [1.29, 1.82) is 0 Å². The van der Waals surface area contributed by atoms with E-state index in [1.165, 1.54) is 0 Å². The molecule has 0 aromatic carbocycles. The Morgan fingerprint density at radius 1 is 1.10 bits per heavy atom. The number of halogens is 1. The maximum absolute atomic E-state index is 12.3. The van der Waals surface area contributed by atoms with Gasteiger partial charge < -0.3 is 19.7 Å². The van der Waals surface area contributed by atoms with Gasteiger partial charge in [0.15, 0.2) is 0 Å². The Hall–Kier alpha value is -2.24. The molecular weight excluding hydrogens is 426 g/mol. The van der Waals surface area contributed by atoms with Crippen LogP contribution in [-0.4, -0.2) is 89.9 Å². The van der Waals surface area contributed by atoms with Crippen LogP contribution in [0, 0.1) is 5.41 Å². The minimum Gasteiger partial charge on any atom is -0.463 e. The van der Waals surface area contributed by atoms with E-state index >= 15 is 0 Å². The van der Waals surface area contributed by atoms with Crippen LogP contribution in [0.2, 0.25) is 5.28 Å². The minimum absolute atomic E-state index is 0.0394. The quantitative estimate of drug-likeness (QED) is 0.583. The molecule has 1 atom stereocenters. The number of aromatic nitrogens is 3. The molecule has 1 unspecified atom stereocenters. The number of rotatable bonds is 6. The maximum atomic E-state index is 12.3. The van der Waals surface area contributed by atoms with E-state index in [0.29, 0.717) is 31.9 Å². The standard InChI is InChI=1S/C19H26ClN7O4/c20-14-22-15(27-5-1-2-19(11-27)13(28)21-16(29)25-19)24-17(23-14)31-12-18(3-4-18)10-26-6-8-30-9-7-26/h1-12H2,(H2,21,25,28,29). The van der Waals surface area contributed by atoms with E-state index in [4.69, 9.17) is 21.1 Å². The van der Waals surface area contributed by atoms with Crippen molar-refractivity contribution < 1.29 is 19.1 Å². The first kappa shape index (κ1) is 20.7. The summed E-state index contributed by atoms with van der Waals surface area (Å²) in [6.07, 6.45) is 3.49. The van der Waals surface area contributed by atoms with Crippen LogP contribution in [0.3, 0.4) is 0 Å². The summed E-state index contributed by atoms with van der Waals surface area (Å²) in [6, 6.07) is -0.290. The molecule has 31 heavy (non-hydrogen) atoms. The zero-order valence-electron chi connectivity index (χ0n) is 17.2. The Morgan fingerprint density at radius 2 is 1.90 bits per heavy atom. The lowest BCUT2D eigenvalue weighted by molar-refractivity contribution is -0.124. The van der Waals surface area contributed by atoms with Crippen molar-refractivity contribution in [2.75, 3.05) is 57.4 Å². The molecule has 4 heterocycles. The molecule has 1 saturated carbocycles. The van der Waals surface area contributed by atoms with E-state index in [2.05, 4.69) is 30.5 Å². The monoisotopic (exact) mass is 451 g/mol. The van der Waals surface area contributed by atoms with Crippen molar-refractivity contribution in [3.05, 3.63) is 5.28 Å². The average Bonchev–Trinajstić information content (AvgIpc) is 3.46. The van der Waals surface area contributed by atoms with Crippen LogP contribution in [-0.2, 0) is 9.53 Å². The topological polar surface area (TPSA) is 122 Å². The number of hydrogen-bond donors (Lipinski definition) is 2. The van der Waals surface area contributed by atoms with Gasteiger partial charge in [0.05, 0.1) is 26.4 Å². The van der Waals surface area contributed by atoms with Gasteiger partial charge in [-0.25, -0.2) is 4.79 Å². The number of hydrogen-bond acceptors (Lipinski definition) is 9. The molecule has 1 aromatic heterocycles. The van der Waals surface area contributed by atoms with Gasteiger partial charge >= 0.3 is 12.0 Å². The zero-order chi connectivity index (χ0) is 21.5. The van der Waals surface area contributed by atoms with Crippen LogP contribution in [0.15, 0.2) is 0 Å². The highest BCUT2D eigenvalue weighted by Gasteiger charge is 2.49. The first-order chi connectivity index (χ1) is 15.0. The number of anilines is 1. The third kappa shape index (κ3) is 4.39. The maximum Gasteiger partial charge on any atom is 0.322 e. The second-order valence-corrected chi connectivity index (χ2v) is 9.22. The highest BCUT2D eigenvalue weighted by Crippen LogP contribution is 2.46. The first-order valence-corrected chi connectivity index (χ1v) is 11.1. The Bertz CT molecular complexity index is 877. The van der Waals surface area contributed by atoms with Crippen molar-refractivity contribution in [1.82, 2.24) is 30.5 Å². The molecule has 12 heteroatoms. The molecule has 4 fully saturated rings. The van der Waals surface area contributed by atoms with Gasteiger partial charge in [0.1, 0.15) is 5.54 Å². The van der Waals surface area contributed by atoms with Gasteiger partial charge in [-0.2, -0.15) is 15.0 Å². The van der Waals surface area contributed by atoms with E-state index in [1.54, 1.807) is 0 Å². The van der Waals surface area contributed by atoms with Crippen molar-refractivity contribution in [2.24, 2.45) is 5.41 Å². The Labute approximate surface area is 184 Å². The van der Waals surface area contributed by atoms with Crippen molar-refractivity contribution in [3.8, 4) is 6.01 Å². The molecule has 3 amide bonds. The average molecular weight is 452 g/mol. The SMILES string of the molecule is O=C1NC(=O)C2(CCCN(c3nc(Cl)nc(OCC4(CN5CCOCC5)CC4)n3)C2)N1. The molecule has 1 aromatic rings. The fourth-order valence-corrected chi connectivity index (χ4v) is 4.69. The smallest absolute Gasteiger partial charge is 0.322 e. The number of nitrogens with one attached hydrogen (secondary N) is 2. The predicted molar refractivity (Wildman–Crippen MR) is 110 cm³/mol. The molecule has 3 aliphatic heterocycles. The van der Waals surface area contributed by atoms with E-state index in [1.807, 2.05) is 4.90 Å². The fraction of sp³-hybridized carbons (Fsp3) is 0.737. The summed E-state index contributed by atoms with van der Waals surface area (Å²) in [6.45, 7) is 5.86. The lowest BCUT2D eigenvalue weighted by Gasteiger charge is -2.37. The van der Waals surface area contributed by atoms with Gasteiger partial charge in [-0.3, -0.25) is 15.0 Å². The second kappa shape index (κ2) is 8.03. The van der Waals surface area contributed by atoms with Gasteiger partial charge in [-0.1, -0.05) is 0 Å². The fourth-order valence-electron chi connectivity index (χ4n) is 4.55. The van der Waals surface area contributed by atoms with E-state index in [0.717, 1.165) is 45.7 Å². The Morgan fingerprint density at radius 3 is 2.61 bits per heavy atom. The summed E-state index contributed by atoms with van der Waals surface area (Å²) in [5.41, 5.74) is -0.844. The van der Waals surface area contributed by atoms with Crippen LogP contribution in [0.5, 0.6) is 6.01 Å². The normalized spacial score (nSPS) is 27.8. The van der Waals surface area contributed by atoms with Crippen molar-refractivity contribution in [3.63, 3.8) is 0 Å². The van der Waals surface area contributed by atoms with Gasteiger partial charge in [0, 0.05) is 31.6 Å². The highest BCUT2D eigenvalue weighted by atomic mass is 35.5. The molecule has 1 spiro atoms. The van der Waals surface area contributed by atoms with Crippen molar-refractivity contribution >= 4 is 29.5 Å². The van der Waals surface area contributed by atoms with Crippen LogP contribution in [0.25, 0.3) is 0 Å². The van der Waals surface area contributed by atoms with Gasteiger partial charge in [-0.05, 0) is 37.3 Å². The molecule has 4 aliphatic rings. The number of imide groups is 1. The number of amides is 3. The van der Waals surface area contributed by atoms with E-state index in [-0.39, 0.29) is 29.2 Å². The summed E-state index contributed by atoms with van der Waals surface area (Å²) in [7, 11) is 0. The number of carbonyl (C=O) groups is 2.